The number of aromatic nitrogens is 1. The third kappa shape index (κ3) is 3.66. The van der Waals surface area contributed by atoms with Gasteiger partial charge in [-0.15, -0.1) is 0 Å². The lowest BCUT2D eigenvalue weighted by Crippen LogP contribution is -2.17. The van der Waals surface area contributed by atoms with Crippen LogP contribution < -0.4 is 5.43 Å². The number of nitro groups is 1. The van der Waals surface area contributed by atoms with Gasteiger partial charge in [0.15, 0.2) is 0 Å². The van der Waals surface area contributed by atoms with E-state index in [9.17, 15) is 14.9 Å². The Labute approximate surface area is 151 Å². The van der Waals surface area contributed by atoms with Crippen LogP contribution in [0, 0.1) is 24.0 Å². The Bertz CT molecular complexity index is 846. The molecule has 1 N–H and O–H groups in total. The Balaban J connectivity index is 1.67. The number of aryl methyl sites for hydroxylation is 1. The van der Waals surface area contributed by atoms with Gasteiger partial charge in [0.2, 0.25) is 0 Å². The average molecular weight is 354 g/mol. The van der Waals surface area contributed by atoms with E-state index in [1.165, 1.54) is 55.6 Å². The Morgan fingerprint density at radius 2 is 1.92 bits per heavy atom. The van der Waals surface area contributed by atoms with Crippen LogP contribution in [0.5, 0.6) is 0 Å². The summed E-state index contributed by atoms with van der Waals surface area (Å²) in [5, 5.41) is 14.7. The summed E-state index contributed by atoms with van der Waals surface area (Å²) in [6, 6.07) is 8.06. The van der Waals surface area contributed by atoms with Gasteiger partial charge < -0.3 is 4.57 Å². The molecule has 7 heteroatoms. The van der Waals surface area contributed by atoms with Crippen LogP contribution in [-0.2, 0) is 0 Å². The number of amides is 1. The lowest BCUT2D eigenvalue weighted by molar-refractivity contribution is -0.384. The van der Waals surface area contributed by atoms with Gasteiger partial charge in [-0.1, -0.05) is 12.8 Å². The molecule has 26 heavy (non-hydrogen) atoms. The molecule has 0 saturated heterocycles. The van der Waals surface area contributed by atoms with E-state index < -0.39 is 10.8 Å². The van der Waals surface area contributed by atoms with Crippen molar-refractivity contribution in [3.63, 3.8) is 0 Å². The molecular formula is C19H22N4O3. The van der Waals surface area contributed by atoms with Gasteiger partial charge >= 0.3 is 0 Å². The number of nitro benzene ring substituents is 1. The van der Waals surface area contributed by atoms with Crippen molar-refractivity contribution in [2.24, 2.45) is 5.10 Å². The fourth-order valence-electron chi connectivity index (χ4n) is 3.62. The molecule has 1 aromatic heterocycles. The number of nitrogens with zero attached hydrogens (tertiary/aromatic N) is 3. The van der Waals surface area contributed by atoms with E-state index in [2.05, 4.69) is 35.0 Å². The van der Waals surface area contributed by atoms with Gasteiger partial charge in [-0.2, -0.15) is 5.10 Å². The van der Waals surface area contributed by atoms with Crippen molar-refractivity contribution in [1.29, 1.82) is 0 Å². The van der Waals surface area contributed by atoms with E-state index in [1.54, 1.807) is 6.21 Å². The minimum Gasteiger partial charge on any atom is -0.345 e. The second-order valence-electron chi connectivity index (χ2n) is 6.64. The molecule has 1 heterocycles. The highest BCUT2D eigenvalue weighted by Gasteiger charge is 2.20. The maximum atomic E-state index is 12.1. The fourth-order valence-corrected chi connectivity index (χ4v) is 3.62. The first-order valence-electron chi connectivity index (χ1n) is 8.73. The zero-order valence-corrected chi connectivity index (χ0v) is 14.9. The lowest BCUT2D eigenvalue weighted by atomic mass is 10.2. The maximum absolute atomic E-state index is 12.1. The third-order valence-electron chi connectivity index (χ3n) is 4.92. The summed E-state index contributed by atoms with van der Waals surface area (Å²) >= 11 is 0. The van der Waals surface area contributed by atoms with Crippen molar-refractivity contribution in [2.75, 3.05) is 0 Å². The molecule has 3 rings (SSSR count). The van der Waals surface area contributed by atoms with Crippen LogP contribution in [0.15, 0.2) is 35.4 Å². The van der Waals surface area contributed by atoms with Gasteiger partial charge in [0, 0.05) is 40.7 Å². The fraction of sp³-hybridized carbons (Fsp3) is 0.368. The summed E-state index contributed by atoms with van der Waals surface area (Å²) in [7, 11) is 0. The van der Waals surface area contributed by atoms with E-state index >= 15 is 0 Å². The van der Waals surface area contributed by atoms with Crippen LogP contribution in [0.3, 0.4) is 0 Å². The molecule has 136 valence electrons. The normalized spacial score (nSPS) is 14.8. The van der Waals surface area contributed by atoms with Crippen LogP contribution in [0.25, 0.3) is 0 Å². The number of carbonyl (C=O) groups is 1. The van der Waals surface area contributed by atoms with Crippen molar-refractivity contribution >= 4 is 17.8 Å². The minimum absolute atomic E-state index is 0.0515. The minimum atomic E-state index is -0.500. The van der Waals surface area contributed by atoms with Crippen molar-refractivity contribution in [3.8, 4) is 0 Å². The number of hydrogen-bond acceptors (Lipinski definition) is 4. The topological polar surface area (TPSA) is 89.5 Å². The van der Waals surface area contributed by atoms with Crippen LogP contribution in [0.1, 0.15) is 59.0 Å². The predicted molar refractivity (Wildman–Crippen MR) is 99.6 cm³/mol. The van der Waals surface area contributed by atoms with Crippen molar-refractivity contribution in [2.45, 2.75) is 45.6 Å². The number of rotatable bonds is 5. The first-order valence-corrected chi connectivity index (χ1v) is 8.73. The van der Waals surface area contributed by atoms with Gasteiger partial charge in [-0.05, 0) is 44.9 Å². The number of hydrogen-bond donors (Lipinski definition) is 1. The van der Waals surface area contributed by atoms with E-state index in [-0.39, 0.29) is 5.69 Å². The second-order valence-corrected chi connectivity index (χ2v) is 6.64. The highest BCUT2D eigenvalue weighted by Crippen LogP contribution is 2.33. The summed E-state index contributed by atoms with van der Waals surface area (Å²) in [4.78, 5) is 22.2. The average Bonchev–Trinajstić information content (AvgIpc) is 3.23. The molecule has 0 radical (unpaired) electrons. The Hall–Kier alpha value is -2.96. The molecule has 7 nitrogen and oxygen atoms in total. The molecule has 1 aliphatic rings. The van der Waals surface area contributed by atoms with Crippen molar-refractivity contribution in [1.82, 2.24) is 9.99 Å². The van der Waals surface area contributed by atoms with Crippen LogP contribution in [0.4, 0.5) is 5.69 Å². The standard InChI is InChI=1S/C19H22N4O3/c1-13-11-16(14(2)22(13)17-5-3-4-6-17)12-20-21-19(24)15-7-9-18(10-8-15)23(25)26/h7-12,17H,3-6H2,1-2H3,(H,21,24)/b20-12-. The second kappa shape index (κ2) is 7.51. The maximum Gasteiger partial charge on any atom is 0.271 e. The first kappa shape index (κ1) is 17.8. The van der Waals surface area contributed by atoms with Gasteiger partial charge in [0.05, 0.1) is 11.1 Å². The summed E-state index contributed by atoms with van der Waals surface area (Å²) in [6.07, 6.45) is 6.62. The van der Waals surface area contributed by atoms with Gasteiger partial charge in [0.25, 0.3) is 11.6 Å². The summed E-state index contributed by atoms with van der Waals surface area (Å²) in [6.45, 7) is 4.17. The molecule has 1 aromatic carbocycles. The number of carbonyl (C=O) groups excluding carboxylic acids is 1. The molecule has 0 atom stereocenters. The quantitative estimate of drug-likeness (QED) is 0.502. The molecule has 0 aliphatic heterocycles. The summed E-state index contributed by atoms with van der Waals surface area (Å²) < 4.78 is 2.37. The SMILES string of the molecule is Cc1cc(/C=N\NC(=O)c2ccc([N+](=O)[O-])cc2)c(C)n1C1CCCC1. The largest absolute Gasteiger partial charge is 0.345 e. The monoisotopic (exact) mass is 354 g/mol. The number of non-ortho nitro benzene ring substituents is 1. The van der Waals surface area contributed by atoms with Crippen LogP contribution in [-0.4, -0.2) is 21.6 Å². The Morgan fingerprint density at radius 1 is 1.27 bits per heavy atom. The van der Waals surface area contributed by atoms with Crippen molar-refractivity contribution < 1.29 is 9.72 Å². The smallest absolute Gasteiger partial charge is 0.271 e. The molecule has 1 fully saturated rings. The van der Waals surface area contributed by atoms with E-state index in [0.29, 0.717) is 11.6 Å². The summed E-state index contributed by atoms with van der Waals surface area (Å²) in [5.41, 5.74) is 6.09. The van der Waals surface area contributed by atoms with Gasteiger partial charge in [-0.25, -0.2) is 5.43 Å². The highest BCUT2D eigenvalue weighted by atomic mass is 16.6. The molecule has 0 spiro atoms. The third-order valence-corrected chi connectivity index (χ3v) is 4.92. The zero-order valence-electron chi connectivity index (χ0n) is 14.9. The highest BCUT2D eigenvalue weighted by molar-refractivity contribution is 5.95. The number of hydrazone groups is 1. The van der Waals surface area contributed by atoms with E-state index in [4.69, 9.17) is 0 Å². The molecule has 0 unspecified atom stereocenters. The van der Waals surface area contributed by atoms with Crippen molar-refractivity contribution in [3.05, 3.63) is 63.0 Å². The number of benzene rings is 1. The zero-order chi connectivity index (χ0) is 18.7. The van der Waals surface area contributed by atoms with Crippen LogP contribution >= 0.6 is 0 Å². The molecule has 1 amide bonds. The first-order chi connectivity index (χ1) is 12.5. The number of nitrogens with one attached hydrogen (secondary N) is 1. The Kier molecular flexibility index (Phi) is 5.16. The lowest BCUT2D eigenvalue weighted by Gasteiger charge is -2.17. The molecular weight excluding hydrogens is 332 g/mol. The molecule has 1 aliphatic carbocycles. The molecule has 1 saturated carbocycles. The molecule has 2 aromatic rings. The summed E-state index contributed by atoms with van der Waals surface area (Å²) in [5.74, 6) is -0.402. The van der Waals surface area contributed by atoms with E-state index in [0.717, 1.165) is 11.3 Å². The Morgan fingerprint density at radius 3 is 2.54 bits per heavy atom. The predicted octanol–water partition coefficient (Wildman–Crippen LogP) is 3.89. The molecule has 0 bridgehead atoms. The van der Waals surface area contributed by atoms with Crippen LogP contribution in [0.2, 0.25) is 0 Å². The van der Waals surface area contributed by atoms with Gasteiger partial charge in [-0.3, -0.25) is 14.9 Å². The van der Waals surface area contributed by atoms with Gasteiger partial charge in [0.1, 0.15) is 0 Å². The van der Waals surface area contributed by atoms with E-state index in [1.807, 2.05) is 0 Å².